The van der Waals surface area contributed by atoms with Crippen LogP contribution in [0.15, 0.2) is 30.3 Å². The van der Waals surface area contributed by atoms with E-state index in [1.807, 2.05) is 13.8 Å². The number of aryl methyl sites for hydroxylation is 2. The van der Waals surface area contributed by atoms with Crippen LogP contribution in [0.2, 0.25) is 5.02 Å². The third kappa shape index (κ3) is 5.01. The minimum absolute atomic E-state index is 0.291. The van der Waals surface area contributed by atoms with Crippen LogP contribution in [0.1, 0.15) is 40.9 Å². The lowest BCUT2D eigenvalue weighted by atomic mass is 10.1. The largest absolute Gasteiger partial charge is 0.481 e. The van der Waals surface area contributed by atoms with Gasteiger partial charge in [-0.05, 0) is 75.6 Å². The number of carbonyl (C=O) groups excluding carboxylic acids is 2. The number of amides is 1. The smallest absolute Gasteiger partial charge is 0.338 e. The van der Waals surface area contributed by atoms with E-state index in [1.54, 1.807) is 51.1 Å². The number of anilines is 1. The quantitative estimate of drug-likeness (QED) is 0.717. The first-order chi connectivity index (χ1) is 12.7. The molecule has 0 bridgehead atoms. The normalized spacial score (nSPS) is 11.6. The van der Waals surface area contributed by atoms with Gasteiger partial charge >= 0.3 is 5.97 Å². The van der Waals surface area contributed by atoms with Crippen LogP contribution in [0.4, 0.5) is 5.69 Å². The Hall–Kier alpha value is -2.53. The maximum absolute atomic E-state index is 12.5. The molecule has 0 aromatic heterocycles. The second-order valence-electron chi connectivity index (χ2n) is 6.32. The lowest BCUT2D eigenvalue weighted by Gasteiger charge is -2.17. The van der Waals surface area contributed by atoms with Crippen LogP contribution in [-0.2, 0) is 9.53 Å². The molecular weight excluding hydrogens is 366 g/mol. The first-order valence-electron chi connectivity index (χ1n) is 8.75. The summed E-state index contributed by atoms with van der Waals surface area (Å²) in [6.07, 6.45) is -0.726. The van der Waals surface area contributed by atoms with Gasteiger partial charge in [0.15, 0.2) is 6.10 Å². The Kier molecular flexibility index (Phi) is 6.86. The van der Waals surface area contributed by atoms with Crippen molar-refractivity contribution < 1.29 is 19.1 Å². The van der Waals surface area contributed by atoms with Gasteiger partial charge in [0, 0.05) is 10.7 Å². The highest BCUT2D eigenvalue weighted by molar-refractivity contribution is 6.32. The van der Waals surface area contributed by atoms with Gasteiger partial charge < -0.3 is 14.8 Å². The second-order valence-corrected chi connectivity index (χ2v) is 6.70. The lowest BCUT2D eigenvalue weighted by molar-refractivity contribution is -0.122. The van der Waals surface area contributed by atoms with Crippen LogP contribution in [0.25, 0.3) is 0 Å². The van der Waals surface area contributed by atoms with Crippen LogP contribution in [-0.4, -0.2) is 24.6 Å². The molecule has 144 valence electrons. The van der Waals surface area contributed by atoms with E-state index in [4.69, 9.17) is 21.1 Å². The van der Waals surface area contributed by atoms with Crippen LogP contribution in [0, 0.1) is 20.8 Å². The Bertz CT molecular complexity index is 840. The van der Waals surface area contributed by atoms with Gasteiger partial charge in [0.2, 0.25) is 0 Å². The molecule has 0 spiro atoms. The number of hydrogen-bond donors (Lipinski definition) is 1. The van der Waals surface area contributed by atoms with Gasteiger partial charge in [0.05, 0.1) is 12.2 Å². The molecule has 0 heterocycles. The highest BCUT2D eigenvalue weighted by atomic mass is 35.5. The van der Waals surface area contributed by atoms with Crippen LogP contribution < -0.4 is 10.1 Å². The molecule has 6 heteroatoms. The summed E-state index contributed by atoms with van der Waals surface area (Å²) in [7, 11) is 0. The van der Waals surface area contributed by atoms with E-state index >= 15 is 0 Å². The fraction of sp³-hybridized carbons (Fsp3) is 0.333. The summed E-state index contributed by atoms with van der Waals surface area (Å²) in [5, 5.41) is 3.50. The third-order valence-electron chi connectivity index (χ3n) is 4.18. The molecule has 0 aliphatic rings. The van der Waals surface area contributed by atoms with Gasteiger partial charge in [0.1, 0.15) is 5.75 Å². The number of benzene rings is 2. The summed E-state index contributed by atoms with van der Waals surface area (Å²) in [5.74, 6) is -0.152. The lowest BCUT2D eigenvalue weighted by Crippen LogP contribution is -2.30. The number of carbonyl (C=O) groups is 2. The maximum Gasteiger partial charge on any atom is 0.338 e. The monoisotopic (exact) mass is 389 g/mol. The summed E-state index contributed by atoms with van der Waals surface area (Å²) < 4.78 is 10.8. The van der Waals surface area contributed by atoms with Crippen molar-refractivity contribution in [3.05, 3.63) is 57.6 Å². The average Bonchev–Trinajstić information content (AvgIpc) is 2.61. The fourth-order valence-electron chi connectivity index (χ4n) is 2.67. The van der Waals surface area contributed by atoms with Crippen molar-refractivity contribution in [3.63, 3.8) is 0 Å². The number of nitrogens with one attached hydrogen (secondary N) is 1. The zero-order valence-corrected chi connectivity index (χ0v) is 16.9. The van der Waals surface area contributed by atoms with Crippen molar-refractivity contribution in [2.45, 2.75) is 40.7 Å². The van der Waals surface area contributed by atoms with Crippen molar-refractivity contribution in [1.29, 1.82) is 0 Å². The maximum atomic E-state index is 12.5. The molecule has 2 rings (SSSR count). The SMILES string of the molecule is CCOC(=O)c1cccc(NC(=O)[C@H](C)Oc2cc(C)c(Cl)c(C)c2)c1C. The summed E-state index contributed by atoms with van der Waals surface area (Å²) >= 11 is 6.16. The fourth-order valence-corrected chi connectivity index (χ4v) is 2.78. The van der Waals surface area contributed by atoms with E-state index in [2.05, 4.69) is 5.32 Å². The van der Waals surface area contributed by atoms with E-state index in [0.717, 1.165) is 11.1 Å². The minimum atomic E-state index is -0.726. The molecule has 27 heavy (non-hydrogen) atoms. The van der Waals surface area contributed by atoms with Gasteiger partial charge in [-0.3, -0.25) is 4.79 Å². The number of ether oxygens (including phenoxy) is 2. The molecule has 1 amide bonds. The first-order valence-corrected chi connectivity index (χ1v) is 9.13. The number of esters is 1. The number of halogens is 1. The summed E-state index contributed by atoms with van der Waals surface area (Å²) in [6, 6.07) is 8.70. The van der Waals surface area contributed by atoms with E-state index < -0.39 is 12.1 Å². The molecule has 0 radical (unpaired) electrons. The topological polar surface area (TPSA) is 64.6 Å². The molecule has 0 aliphatic heterocycles. The van der Waals surface area contributed by atoms with Crippen molar-refractivity contribution in [2.24, 2.45) is 0 Å². The van der Waals surface area contributed by atoms with Crippen molar-refractivity contribution in [1.82, 2.24) is 0 Å². The highest BCUT2D eigenvalue weighted by Gasteiger charge is 2.19. The Morgan fingerprint density at radius 2 is 1.78 bits per heavy atom. The van der Waals surface area contributed by atoms with Crippen molar-refractivity contribution in [3.8, 4) is 5.75 Å². The molecule has 0 aliphatic carbocycles. The standard InChI is InChI=1S/C21H24ClNO4/c1-6-26-21(25)17-8-7-9-18(14(17)4)23-20(24)15(5)27-16-10-12(2)19(22)13(3)11-16/h7-11,15H,6H2,1-5H3,(H,23,24)/t15-/m0/s1. The summed E-state index contributed by atoms with van der Waals surface area (Å²) in [5.41, 5.74) is 3.39. The molecule has 0 saturated carbocycles. The molecular formula is C21H24ClNO4. The molecule has 2 aromatic rings. The van der Waals surface area contributed by atoms with Gasteiger partial charge in [0.25, 0.3) is 5.91 Å². The molecule has 1 atom stereocenters. The van der Waals surface area contributed by atoms with E-state index in [-0.39, 0.29) is 5.91 Å². The number of rotatable bonds is 6. The van der Waals surface area contributed by atoms with Crippen molar-refractivity contribution >= 4 is 29.2 Å². The van der Waals surface area contributed by atoms with Gasteiger partial charge in [-0.15, -0.1) is 0 Å². The molecule has 2 aromatic carbocycles. The van der Waals surface area contributed by atoms with Crippen molar-refractivity contribution in [2.75, 3.05) is 11.9 Å². The summed E-state index contributed by atoms with van der Waals surface area (Å²) in [4.78, 5) is 24.5. The molecule has 0 saturated heterocycles. The van der Waals surface area contributed by atoms with E-state index in [0.29, 0.717) is 34.2 Å². The Balaban J connectivity index is 2.13. The molecule has 1 N–H and O–H groups in total. The van der Waals surface area contributed by atoms with Crippen LogP contribution in [0.3, 0.4) is 0 Å². The van der Waals surface area contributed by atoms with Gasteiger partial charge in [-0.25, -0.2) is 4.79 Å². The third-order valence-corrected chi connectivity index (χ3v) is 4.78. The predicted octanol–water partition coefficient (Wildman–Crippen LogP) is 4.85. The predicted molar refractivity (Wildman–Crippen MR) is 107 cm³/mol. The molecule has 0 fully saturated rings. The van der Waals surface area contributed by atoms with E-state index in [9.17, 15) is 9.59 Å². The zero-order chi connectivity index (χ0) is 20.1. The van der Waals surface area contributed by atoms with E-state index in [1.165, 1.54) is 0 Å². The number of hydrogen-bond acceptors (Lipinski definition) is 4. The second kappa shape index (κ2) is 8.91. The van der Waals surface area contributed by atoms with Crippen LogP contribution >= 0.6 is 11.6 Å². The Morgan fingerprint density at radius 1 is 1.15 bits per heavy atom. The first kappa shape index (κ1) is 20.8. The average molecular weight is 390 g/mol. The molecule has 0 unspecified atom stereocenters. The Labute approximate surface area is 164 Å². The zero-order valence-electron chi connectivity index (χ0n) is 16.2. The van der Waals surface area contributed by atoms with Gasteiger partial charge in [-0.1, -0.05) is 17.7 Å². The van der Waals surface area contributed by atoms with Crippen LogP contribution in [0.5, 0.6) is 5.75 Å². The van der Waals surface area contributed by atoms with Gasteiger partial charge in [-0.2, -0.15) is 0 Å². The molecule has 5 nitrogen and oxygen atoms in total. The minimum Gasteiger partial charge on any atom is -0.481 e. The Morgan fingerprint density at radius 3 is 2.37 bits per heavy atom. The summed E-state index contributed by atoms with van der Waals surface area (Å²) in [6.45, 7) is 9.24. The highest BCUT2D eigenvalue weighted by Crippen LogP contribution is 2.27.